The minimum atomic E-state index is -0.289. The number of hydrogen-bond donors (Lipinski definition) is 2. The third-order valence-corrected chi connectivity index (χ3v) is 2.23. The first-order valence-electron chi connectivity index (χ1n) is 5.75. The number of amides is 2. The van der Waals surface area contributed by atoms with Crippen LogP contribution >= 0.6 is 0 Å². The van der Waals surface area contributed by atoms with Crippen molar-refractivity contribution in [3.05, 3.63) is 29.8 Å². The third kappa shape index (κ3) is 5.15. The highest BCUT2D eigenvalue weighted by atomic mass is 16.2. The summed E-state index contributed by atoms with van der Waals surface area (Å²) in [6.45, 7) is 4.55. The van der Waals surface area contributed by atoms with Gasteiger partial charge < -0.3 is 10.6 Å². The van der Waals surface area contributed by atoms with Gasteiger partial charge in [0.25, 0.3) is 0 Å². The van der Waals surface area contributed by atoms with E-state index in [0.717, 1.165) is 12.0 Å². The van der Waals surface area contributed by atoms with Crippen molar-refractivity contribution in [2.75, 3.05) is 11.9 Å². The highest BCUT2D eigenvalue weighted by Crippen LogP contribution is 2.08. The molecule has 1 aromatic rings. The van der Waals surface area contributed by atoms with Crippen molar-refractivity contribution >= 4 is 17.5 Å². The summed E-state index contributed by atoms with van der Waals surface area (Å²) in [6, 6.07) is 7.45. The van der Waals surface area contributed by atoms with Crippen LogP contribution in [0, 0.1) is 6.92 Å². The Morgan fingerprint density at radius 1 is 1.12 bits per heavy atom. The van der Waals surface area contributed by atoms with E-state index in [0.29, 0.717) is 12.2 Å². The van der Waals surface area contributed by atoms with Crippen molar-refractivity contribution in [2.45, 2.75) is 26.7 Å². The molecule has 0 heterocycles. The van der Waals surface area contributed by atoms with Gasteiger partial charge in [-0.15, -0.1) is 0 Å². The minimum Gasteiger partial charge on any atom is -0.356 e. The van der Waals surface area contributed by atoms with Gasteiger partial charge in [-0.2, -0.15) is 0 Å². The fourth-order valence-corrected chi connectivity index (χ4v) is 1.31. The summed E-state index contributed by atoms with van der Waals surface area (Å²) in [5.74, 6) is -0.529. The Morgan fingerprint density at radius 2 is 1.76 bits per heavy atom. The van der Waals surface area contributed by atoms with Gasteiger partial charge in [0, 0.05) is 12.2 Å². The summed E-state index contributed by atoms with van der Waals surface area (Å²) in [7, 11) is 0. The molecule has 92 valence electrons. The number of rotatable bonds is 5. The first kappa shape index (κ1) is 13.2. The predicted octanol–water partition coefficient (Wildman–Crippen LogP) is 1.85. The van der Waals surface area contributed by atoms with Gasteiger partial charge in [0.1, 0.15) is 6.42 Å². The second-order valence-corrected chi connectivity index (χ2v) is 3.94. The summed E-state index contributed by atoms with van der Waals surface area (Å²) in [6.07, 6.45) is 0.735. The molecular weight excluding hydrogens is 216 g/mol. The van der Waals surface area contributed by atoms with Gasteiger partial charge >= 0.3 is 0 Å². The van der Waals surface area contributed by atoms with Crippen LogP contribution in [0.3, 0.4) is 0 Å². The van der Waals surface area contributed by atoms with Gasteiger partial charge in [0.15, 0.2) is 0 Å². The van der Waals surface area contributed by atoms with Crippen LogP contribution in [0.15, 0.2) is 24.3 Å². The quantitative estimate of drug-likeness (QED) is 0.764. The fraction of sp³-hybridized carbons (Fsp3) is 0.385. The standard InChI is InChI=1S/C13H18N2O2/c1-3-8-14-12(16)9-13(17)15-11-6-4-10(2)5-7-11/h4-7H,3,8-9H2,1-2H3,(H,14,16)(H,15,17). The number of anilines is 1. The van der Waals surface area contributed by atoms with E-state index >= 15 is 0 Å². The molecule has 0 fully saturated rings. The van der Waals surface area contributed by atoms with E-state index in [4.69, 9.17) is 0 Å². The molecule has 2 N–H and O–H groups in total. The van der Waals surface area contributed by atoms with E-state index < -0.39 is 0 Å². The van der Waals surface area contributed by atoms with E-state index in [1.165, 1.54) is 0 Å². The summed E-state index contributed by atoms with van der Waals surface area (Å²) in [5.41, 5.74) is 1.84. The van der Waals surface area contributed by atoms with Crippen molar-refractivity contribution in [3.63, 3.8) is 0 Å². The van der Waals surface area contributed by atoms with Gasteiger partial charge in [0.2, 0.25) is 11.8 Å². The van der Waals surface area contributed by atoms with Gasteiger partial charge in [-0.05, 0) is 25.5 Å². The number of aryl methyl sites for hydroxylation is 1. The second-order valence-electron chi connectivity index (χ2n) is 3.94. The average Bonchev–Trinajstić information content (AvgIpc) is 2.29. The molecule has 2 amide bonds. The Balaban J connectivity index is 2.39. The monoisotopic (exact) mass is 234 g/mol. The fourth-order valence-electron chi connectivity index (χ4n) is 1.31. The summed E-state index contributed by atoms with van der Waals surface area (Å²) < 4.78 is 0. The largest absolute Gasteiger partial charge is 0.356 e. The molecule has 1 rings (SSSR count). The maximum atomic E-state index is 11.5. The molecule has 17 heavy (non-hydrogen) atoms. The zero-order valence-electron chi connectivity index (χ0n) is 10.2. The lowest BCUT2D eigenvalue weighted by Gasteiger charge is -2.06. The van der Waals surface area contributed by atoms with E-state index in [1.54, 1.807) is 0 Å². The zero-order valence-corrected chi connectivity index (χ0v) is 10.2. The summed E-state index contributed by atoms with van der Waals surface area (Å²) >= 11 is 0. The molecular formula is C13H18N2O2. The maximum Gasteiger partial charge on any atom is 0.233 e. The first-order valence-corrected chi connectivity index (χ1v) is 5.75. The molecule has 0 aliphatic rings. The highest BCUT2D eigenvalue weighted by molar-refractivity contribution is 6.03. The van der Waals surface area contributed by atoms with Crippen molar-refractivity contribution in [1.29, 1.82) is 0 Å². The van der Waals surface area contributed by atoms with Crippen molar-refractivity contribution in [2.24, 2.45) is 0 Å². The molecule has 4 nitrogen and oxygen atoms in total. The van der Waals surface area contributed by atoms with Crippen LogP contribution in [0.4, 0.5) is 5.69 Å². The molecule has 0 saturated carbocycles. The van der Waals surface area contributed by atoms with Crippen LogP contribution in [0.25, 0.3) is 0 Å². The van der Waals surface area contributed by atoms with Crippen LogP contribution in [0.5, 0.6) is 0 Å². The number of nitrogens with one attached hydrogen (secondary N) is 2. The normalized spacial score (nSPS) is 9.76. The molecule has 0 aliphatic carbocycles. The van der Waals surface area contributed by atoms with Gasteiger partial charge in [-0.25, -0.2) is 0 Å². The predicted molar refractivity (Wildman–Crippen MR) is 67.7 cm³/mol. The lowest BCUT2D eigenvalue weighted by Crippen LogP contribution is -2.28. The molecule has 0 saturated heterocycles. The smallest absolute Gasteiger partial charge is 0.233 e. The van der Waals surface area contributed by atoms with E-state index in [9.17, 15) is 9.59 Å². The SMILES string of the molecule is CCCNC(=O)CC(=O)Nc1ccc(C)cc1. The Kier molecular flexibility index (Phi) is 5.20. The summed E-state index contributed by atoms with van der Waals surface area (Å²) in [5, 5.41) is 5.34. The van der Waals surface area contributed by atoms with Crippen molar-refractivity contribution in [3.8, 4) is 0 Å². The van der Waals surface area contributed by atoms with Crippen LogP contribution in [-0.2, 0) is 9.59 Å². The Bertz CT molecular complexity index is 385. The van der Waals surface area contributed by atoms with Crippen LogP contribution < -0.4 is 10.6 Å². The molecule has 4 heteroatoms. The number of hydrogen-bond acceptors (Lipinski definition) is 2. The molecule has 0 spiro atoms. The molecule has 0 bridgehead atoms. The zero-order chi connectivity index (χ0) is 12.7. The molecule has 0 aliphatic heterocycles. The van der Waals surface area contributed by atoms with Crippen LogP contribution in [0.1, 0.15) is 25.3 Å². The van der Waals surface area contributed by atoms with E-state index in [2.05, 4.69) is 10.6 Å². The second kappa shape index (κ2) is 6.68. The van der Waals surface area contributed by atoms with E-state index in [1.807, 2.05) is 38.1 Å². The summed E-state index contributed by atoms with van der Waals surface area (Å²) in [4.78, 5) is 22.8. The van der Waals surface area contributed by atoms with Gasteiger partial charge in [-0.1, -0.05) is 24.6 Å². The van der Waals surface area contributed by atoms with Crippen molar-refractivity contribution < 1.29 is 9.59 Å². The van der Waals surface area contributed by atoms with Gasteiger partial charge in [0.05, 0.1) is 0 Å². The molecule has 1 aromatic carbocycles. The van der Waals surface area contributed by atoms with Crippen LogP contribution in [0.2, 0.25) is 0 Å². The maximum absolute atomic E-state index is 11.5. The van der Waals surface area contributed by atoms with Gasteiger partial charge in [-0.3, -0.25) is 9.59 Å². The Hall–Kier alpha value is -1.84. The molecule has 0 unspecified atom stereocenters. The highest BCUT2D eigenvalue weighted by Gasteiger charge is 2.08. The molecule has 0 atom stereocenters. The van der Waals surface area contributed by atoms with E-state index in [-0.39, 0.29) is 18.2 Å². The molecule has 0 radical (unpaired) electrons. The van der Waals surface area contributed by atoms with Crippen LogP contribution in [-0.4, -0.2) is 18.4 Å². The topological polar surface area (TPSA) is 58.2 Å². The Labute approximate surface area is 101 Å². The Morgan fingerprint density at radius 3 is 2.35 bits per heavy atom. The number of benzene rings is 1. The number of carbonyl (C=O) groups is 2. The molecule has 0 aromatic heterocycles. The average molecular weight is 234 g/mol. The minimum absolute atomic E-state index is 0.131. The lowest BCUT2D eigenvalue weighted by atomic mass is 10.2. The number of carbonyl (C=O) groups excluding carboxylic acids is 2. The third-order valence-electron chi connectivity index (χ3n) is 2.23. The lowest BCUT2D eigenvalue weighted by molar-refractivity contribution is -0.126. The first-order chi connectivity index (χ1) is 8.11. The van der Waals surface area contributed by atoms with Crippen molar-refractivity contribution in [1.82, 2.24) is 5.32 Å².